The van der Waals surface area contributed by atoms with Crippen LogP contribution in [0.15, 0.2) is 17.5 Å². The minimum Gasteiger partial charge on any atom is -0.205 e. The number of hydrogen-bond acceptors (Lipinski definition) is 1. The van der Waals surface area contributed by atoms with Gasteiger partial charge >= 0.3 is 0 Å². The molecule has 0 aliphatic carbocycles. The topological polar surface area (TPSA) is 0 Å². The highest BCUT2D eigenvalue weighted by Crippen LogP contribution is 2.36. The van der Waals surface area contributed by atoms with Crippen LogP contribution in [0, 0.1) is 5.82 Å². The lowest BCUT2D eigenvalue weighted by atomic mass is 10.1. The third-order valence-electron chi connectivity index (χ3n) is 1.89. The van der Waals surface area contributed by atoms with Crippen LogP contribution in [0.5, 0.6) is 0 Å². The van der Waals surface area contributed by atoms with E-state index in [1.54, 1.807) is 5.38 Å². The molecule has 0 aliphatic heterocycles. The van der Waals surface area contributed by atoms with E-state index in [1.165, 1.54) is 6.07 Å². The van der Waals surface area contributed by atoms with E-state index in [4.69, 9.17) is 11.6 Å². The van der Waals surface area contributed by atoms with Gasteiger partial charge in [0.15, 0.2) is 0 Å². The van der Waals surface area contributed by atoms with Gasteiger partial charge in [-0.3, -0.25) is 0 Å². The molecule has 2 rings (SSSR count). The third kappa shape index (κ3) is 1.38. The maximum atomic E-state index is 13.3. The summed E-state index contributed by atoms with van der Waals surface area (Å²) >= 11 is 6.58. The van der Waals surface area contributed by atoms with E-state index in [0.717, 1.165) is 17.4 Å². The predicted octanol–water partition coefficient (Wildman–Crippen LogP) is 4.63. The van der Waals surface area contributed by atoms with E-state index < -0.39 is 12.2 Å². The molecule has 0 aliphatic rings. The molecule has 0 nitrogen and oxygen atoms in total. The van der Waals surface area contributed by atoms with Crippen molar-refractivity contribution in [1.82, 2.24) is 0 Å². The summed E-state index contributed by atoms with van der Waals surface area (Å²) in [7, 11) is 0. The molecule has 0 N–H and O–H groups in total. The lowest BCUT2D eigenvalue weighted by molar-refractivity contribution is 0.153. The lowest BCUT2D eigenvalue weighted by Gasteiger charge is -2.03. The molecule has 0 spiro atoms. The molecule has 1 aromatic carbocycles. The maximum absolute atomic E-state index is 13.3. The van der Waals surface area contributed by atoms with Gasteiger partial charge in [-0.2, -0.15) is 0 Å². The Morgan fingerprint density at radius 2 is 2.07 bits per heavy atom. The van der Waals surface area contributed by atoms with Crippen LogP contribution in [0.4, 0.5) is 13.2 Å². The van der Waals surface area contributed by atoms with E-state index in [0.29, 0.717) is 0 Å². The van der Waals surface area contributed by atoms with Crippen molar-refractivity contribution in [3.05, 3.63) is 33.9 Å². The monoisotopic (exact) mass is 236 g/mol. The van der Waals surface area contributed by atoms with Crippen LogP contribution < -0.4 is 0 Å². The summed E-state index contributed by atoms with van der Waals surface area (Å²) in [4.78, 5) is 0. The zero-order chi connectivity index (χ0) is 10.3. The van der Waals surface area contributed by atoms with Crippen molar-refractivity contribution in [3.8, 4) is 0 Å². The van der Waals surface area contributed by atoms with Gasteiger partial charge in [-0.15, -0.1) is 11.3 Å². The molecule has 5 heteroatoms. The molecule has 0 saturated heterocycles. The average Bonchev–Trinajstić information content (AvgIpc) is 2.59. The first-order chi connectivity index (χ1) is 6.61. The number of fused-ring (bicyclic) bond motifs is 1. The molecule has 74 valence electrons. The predicted molar refractivity (Wildman–Crippen MR) is 51.8 cm³/mol. The van der Waals surface area contributed by atoms with Gasteiger partial charge in [0.05, 0.1) is 5.02 Å². The molecule has 0 unspecified atom stereocenters. The summed E-state index contributed by atoms with van der Waals surface area (Å²) < 4.78 is 38.6. The first kappa shape index (κ1) is 9.80. The number of halogens is 4. The molecule has 0 fully saturated rings. The summed E-state index contributed by atoms with van der Waals surface area (Å²) in [6.07, 6.45) is -2.63. The third-order valence-corrected chi connectivity index (χ3v) is 3.13. The molecule has 0 saturated carbocycles. The van der Waals surface area contributed by atoms with Gasteiger partial charge in [0.2, 0.25) is 0 Å². The van der Waals surface area contributed by atoms with Crippen molar-refractivity contribution in [2.45, 2.75) is 6.43 Å². The highest BCUT2D eigenvalue weighted by Gasteiger charge is 2.17. The standard InChI is InChI=1S/C9H4ClF3S/c10-6-3-5(9(12)13)8-4(7(6)11)1-2-14-8/h1-3,9H. The molecule has 1 aromatic heterocycles. The molecule has 2 aromatic rings. The van der Waals surface area contributed by atoms with Gasteiger partial charge in [-0.25, -0.2) is 13.2 Å². The van der Waals surface area contributed by atoms with Crippen LogP contribution in [0.2, 0.25) is 5.02 Å². The molecule has 0 amide bonds. The summed E-state index contributed by atoms with van der Waals surface area (Å²) in [5.74, 6) is -0.632. The van der Waals surface area contributed by atoms with Gasteiger partial charge in [-0.05, 0) is 17.5 Å². The van der Waals surface area contributed by atoms with Crippen molar-refractivity contribution >= 4 is 33.0 Å². The van der Waals surface area contributed by atoms with E-state index in [2.05, 4.69) is 0 Å². The fourth-order valence-corrected chi connectivity index (χ4v) is 2.39. The second-order valence-corrected chi connectivity index (χ2v) is 4.05. The summed E-state index contributed by atoms with van der Waals surface area (Å²) in [5.41, 5.74) is -0.207. The van der Waals surface area contributed by atoms with Gasteiger partial charge in [0.25, 0.3) is 6.43 Å². The van der Waals surface area contributed by atoms with Crippen LogP contribution in [0.25, 0.3) is 10.1 Å². The Morgan fingerprint density at radius 1 is 1.36 bits per heavy atom. The van der Waals surface area contributed by atoms with E-state index >= 15 is 0 Å². The summed E-state index contributed by atoms with van der Waals surface area (Å²) in [6.45, 7) is 0. The largest absolute Gasteiger partial charge is 0.265 e. The first-order valence-corrected chi connectivity index (χ1v) is 5.00. The highest BCUT2D eigenvalue weighted by molar-refractivity contribution is 7.17. The van der Waals surface area contributed by atoms with Crippen LogP contribution in [0.3, 0.4) is 0 Å². The second-order valence-electron chi connectivity index (χ2n) is 2.73. The van der Waals surface area contributed by atoms with Gasteiger partial charge in [-0.1, -0.05) is 11.6 Å². The number of thiophene rings is 1. The molecular weight excluding hydrogens is 233 g/mol. The quantitative estimate of drug-likeness (QED) is 0.677. The van der Waals surface area contributed by atoms with Crippen molar-refractivity contribution < 1.29 is 13.2 Å². The van der Waals surface area contributed by atoms with Crippen molar-refractivity contribution in [2.24, 2.45) is 0 Å². The maximum Gasteiger partial charge on any atom is 0.265 e. The minimum atomic E-state index is -2.63. The van der Waals surface area contributed by atoms with Gasteiger partial charge in [0.1, 0.15) is 5.82 Å². The van der Waals surface area contributed by atoms with E-state index in [9.17, 15) is 13.2 Å². The minimum absolute atomic E-state index is 0.165. The van der Waals surface area contributed by atoms with Crippen molar-refractivity contribution in [3.63, 3.8) is 0 Å². The summed E-state index contributed by atoms with van der Waals surface area (Å²) in [6, 6.07) is 2.44. The fraction of sp³-hybridized carbons (Fsp3) is 0.111. The van der Waals surface area contributed by atoms with Crippen LogP contribution >= 0.6 is 22.9 Å². The Morgan fingerprint density at radius 3 is 2.71 bits per heavy atom. The average molecular weight is 237 g/mol. The fourth-order valence-electron chi connectivity index (χ4n) is 1.26. The molecule has 0 atom stereocenters. The van der Waals surface area contributed by atoms with Crippen LogP contribution in [-0.4, -0.2) is 0 Å². The number of hydrogen-bond donors (Lipinski definition) is 0. The van der Waals surface area contributed by atoms with Crippen LogP contribution in [0.1, 0.15) is 12.0 Å². The van der Waals surface area contributed by atoms with Gasteiger partial charge < -0.3 is 0 Å². The summed E-state index contributed by atoms with van der Waals surface area (Å²) in [5, 5.41) is 1.47. The van der Waals surface area contributed by atoms with E-state index in [1.807, 2.05) is 0 Å². The molecule has 0 bridgehead atoms. The van der Waals surface area contributed by atoms with Crippen LogP contribution in [-0.2, 0) is 0 Å². The Kier molecular flexibility index (Phi) is 2.41. The molecule has 0 radical (unpaired) electrons. The Labute approximate surface area is 86.9 Å². The lowest BCUT2D eigenvalue weighted by Crippen LogP contribution is -1.87. The first-order valence-electron chi connectivity index (χ1n) is 3.74. The molecule has 1 heterocycles. The second kappa shape index (κ2) is 3.44. The SMILES string of the molecule is Fc1c(Cl)cc(C(F)F)c2sccc12. The Bertz CT molecular complexity index is 478. The molecular formula is C9H4ClF3S. The number of rotatable bonds is 1. The number of benzene rings is 1. The van der Waals surface area contributed by atoms with Crippen molar-refractivity contribution in [2.75, 3.05) is 0 Å². The zero-order valence-corrected chi connectivity index (χ0v) is 8.30. The van der Waals surface area contributed by atoms with E-state index in [-0.39, 0.29) is 20.7 Å². The molecule has 14 heavy (non-hydrogen) atoms. The zero-order valence-electron chi connectivity index (χ0n) is 6.73. The van der Waals surface area contributed by atoms with Crippen molar-refractivity contribution in [1.29, 1.82) is 0 Å². The Hall–Kier alpha value is -0.740. The number of alkyl halides is 2. The normalized spacial score (nSPS) is 11.5. The van der Waals surface area contributed by atoms with Gasteiger partial charge in [0, 0.05) is 15.6 Å². The Balaban J connectivity index is 2.84. The smallest absolute Gasteiger partial charge is 0.205 e. The highest BCUT2D eigenvalue weighted by atomic mass is 35.5.